The lowest BCUT2D eigenvalue weighted by atomic mass is 10.3. The number of amides is 4. The van der Waals surface area contributed by atoms with Crippen LogP contribution in [0.4, 0.5) is 9.59 Å². The number of esters is 2. The van der Waals surface area contributed by atoms with Crippen molar-refractivity contribution in [2.24, 2.45) is 0 Å². The molecule has 16 heteroatoms. The summed E-state index contributed by atoms with van der Waals surface area (Å²) in [5.41, 5.74) is 0.346. The number of hydrogen-bond acceptors (Lipinski definition) is 10. The van der Waals surface area contributed by atoms with Gasteiger partial charge in [0.25, 0.3) is 0 Å². The molecule has 0 rings (SSSR count). The molecule has 0 saturated carbocycles. The second kappa shape index (κ2) is 25.3. The van der Waals surface area contributed by atoms with Crippen molar-refractivity contribution in [3.63, 3.8) is 0 Å². The first-order valence-electron chi connectivity index (χ1n) is 11.4. The third-order valence-corrected chi connectivity index (χ3v) is 5.28. The van der Waals surface area contributed by atoms with Crippen molar-refractivity contribution in [1.82, 2.24) is 21.3 Å². The molecule has 0 heterocycles. The topological polar surface area (TPSA) is 216 Å². The van der Waals surface area contributed by atoms with Gasteiger partial charge in [0.1, 0.15) is 0 Å². The zero-order chi connectivity index (χ0) is 28.5. The van der Waals surface area contributed by atoms with E-state index in [-0.39, 0.29) is 37.6 Å². The van der Waals surface area contributed by atoms with Crippen molar-refractivity contribution in [3.05, 3.63) is 24.8 Å². The van der Waals surface area contributed by atoms with Crippen LogP contribution in [0.3, 0.4) is 0 Å². The average molecular weight is 571 g/mol. The fourth-order valence-electron chi connectivity index (χ4n) is 2.04. The zero-order valence-electron chi connectivity index (χ0n) is 21.1. The third-order valence-electron chi connectivity index (χ3n) is 3.85. The Morgan fingerprint density at radius 3 is 1.46 bits per heavy atom. The maximum absolute atomic E-state index is 11.2. The molecular formula is C21H40N4O10P2. The molecule has 0 aromatic heterocycles. The molecule has 8 N–H and O–H groups in total. The van der Waals surface area contributed by atoms with Crippen molar-refractivity contribution in [2.75, 3.05) is 51.7 Å². The highest BCUT2D eigenvalue weighted by Crippen LogP contribution is 2.23. The number of carbonyl (C=O) groups excluding carboxylic acids is 4. The molecule has 214 valence electrons. The second-order valence-corrected chi connectivity index (χ2v) is 9.64. The lowest BCUT2D eigenvalue weighted by molar-refractivity contribution is -0.139. The van der Waals surface area contributed by atoms with E-state index < -0.39 is 28.7 Å². The summed E-state index contributed by atoms with van der Waals surface area (Å²) in [6.45, 7) is 10.3. The highest BCUT2D eigenvalue weighted by Gasteiger charge is 2.04. The van der Waals surface area contributed by atoms with Crippen LogP contribution < -0.4 is 21.3 Å². The molecule has 0 fully saturated rings. The van der Waals surface area contributed by atoms with Gasteiger partial charge in [-0.05, 0) is 32.6 Å². The Hall–Kier alpha value is -2.34. The Morgan fingerprint density at radius 2 is 1.11 bits per heavy atom. The van der Waals surface area contributed by atoms with Crippen LogP contribution in [0.25, 0.3) is 0 Å². The van der Waals surface area contributed by atoms with Crippen LogP contribution in [0.2, 0.25) is 0 Å². The molecule has 0 spiro atoms. The van der Waals surface area contributed by atoms with E-state index in [2.05, 4.69) is 34.4 Å². The SMILES string of the molecule is C=C(C)C(=O)OCCCNC(=O)NCCCP(O)O.C=CC(=O)OCCCNC(=O)NCCCP(O)O. The van der Waals surface area contributed by atoms with Crippen LogP contribution in [-0.2, 0) is 19.1 Å². The van der Waals surface area contributed by atoms with Gasteiger partial charge in [-0.3, -0.25) is 0 Å². The van der Waals surface area contributed by atoms with Gasteiger partial charge in [0.05, 0.1) is 13.2 Å². The summed E-state index contributed by atoms with van der Waals surface area (Å²) in [6.07, 6.45) is 3.72. The average Bonchev–Trinajstić information content (AvgIpc) is 2.83. The number of nitrogens with one attached hydrogen (secondary N) is 4. The first-order chi connectivity index (χ1) is 17.5. The Bertz CT molecular complexity index is 696. The lowest BCUT2D eigenvalue weighted by Gasteiger charge is -2.08. The minimum absolute atomic E-state index is 0.227. The Morgan fingerprint density at radius 1 is 0.730 bits per heavy atom. The van der Waals surface area contributed by atoms with E-state index in [1.165, 1.54) is 0 Å². The van der Waals surface area contributed by atoms with Gasteiger partial charge in [-0.1, -0.05) is 13.2 Å². The number of ether oxygens (including phenoxy) is 2. The quantitative estimate of drug-likeness (QED) is 0.0496. The largest absolute Gasteiger partial charge is 0.462 e. The Kier molecular flexibility index (Phi) is 25.2. The maximum atomic E-state index is 11.2. The summed E-state index contributed by atoms with van der Waals surface area (Å²) in [6, 6.07) is -0.656. The molecule has 0 unspecified atom stereocenters. The van der Waals surface area contributed by atoms with Crippen LogP contribution in [-0.4, -0.2) is 95.3 Å². The highest BCUT2D eigenvalue weighted by atomic mass is 31.2. The molecule has 0 aliphatic heterocycles. The second-order valence-electron chi connectivity index (χ2n) is 7.26. The number of carbonyl (C=O) groups is 4. The third kappa shape index (κ3) is 29.8. The normalized spacial score (nSPS) is 10.0. The van der Waals surface area contributed by atoms with Crippen LogP contribution in [0.1, 0.15) is 32.6 Å². The summed E-state index contributed by atoms with van der Waals surface area (Å²) in [7, 11) is -3.77. The first kappa shape index (κ1) is 36.8. The molecule has 14 nitrogen and oxygen atoms in total. The number of hydrogen-bond donors (Lipinski definition) is 8. The first-order valence-corrected chi connectivity index (χ1v) is 14.3. The van der Waals surface area contributed by atoms with Crippen molar-refractivity contribution < 1.29 is 48.2 Å². The highest BCUT2D eigenvalue weighted by molar-refractivity contribution is 7.45. The van der Waals surface area contributed by atoms with E-state index in [0.717, 1.165) is 6.08 Å². The fourth-order valence-corrected chi connectivity index (χ4v) is 2.92. The summed E-state index contributed by atoms with van der Waals surface area (Å²) >= 11 is 0. The summed E-state index contributed by atoms with van der Waals surface area (Å²) in [5.74, 6) is -0.919. The van der Waals surface area contributed by atoms with Crippen molar-refractivity contribution in [1.29, 1.82) is 0 Å². The summed E-state index contributed by atoms with van der Waals surface area (Å²) in [5, 5.41) is 10.3. The molecule has 0 saturated heterocycles. The van der Waals surface area contributed by atoms with Gasteiger partial charge in [-0.2, -0.15) is 0 Å². The number of rotatable bonds is 18. The van der Waals surface area contributed by atoms with Gasteiger partial charge in [0.2, 0.25) is 0 Å². The molecule has 0 aromatic carbocycles. The predicted octanol–water partition coefficient (Wildman–Crippen LogP) is 0.573. The van der Waals surface area contributed by atoms with E-state index >= 15 is 0 Å². The molecule has 0 aliphatic carbocycles. The molecular weight excluding hydrogens is 530 g/mol. The molecule has 0 aromatic rings. The Balaban J connectivity index is 0. The van der Waals surface area contributed by atoms with Crippen molar-refractivity contribution in [2.45, 2.75) is 32.6 Å². The van der Waals surface area contributed by atoms with Crippen LogP contribution >= 0.6 is 16.8 Å². The van der Waals surface area contributed by atoms with Crippen LogP contribution in [0.5, 0.6) is 0 Å². The van der Waals surface area contributed by atoms with Crippen LogP contribution in [0.15, 0.2) is 24.8 Å². The molecule has 37 heavy (non-hydrogen) atoms. The molecule has 0 atom stereocenters. The zero-order valence-corrected chi connectivity index (χ0v) is 22.9. The molecule has 0 aliphatic rings. The smallest absolute Gasteiger partial charge is 0.333 e. The molecule has 0 radical (unpaired) electrons. The standard InChI is InChI=1S/C11H21N2O5P.C10H19N2O5P/c1-9(2)10(14)18-7-3-5-12-11(15)13-6-4-8-19(16)17;1-2-9(13)17-7-3-5-11-10(14)12-6-4-8-18(15)16/h16-17H,1,3-8H2,2H3,(H2,12,13,15);2,15-16H,1,3-8H2,(H2,11,12,14). The molecule has 4 amide bonds. The van der Waals surface area contributed by atoms with Gasteiger partial charge in [-0.25, -0.2) is 19.2 Å². The maximum Gasteiger partial charge on any atom is 0.333 e. The van der Waals surface area contributed by atoms with Gasteiger partial charge < -0.3 is 50.3 Å². The predicted molar refractivity (Wildman–Crippen MR) is 141 cm³/mol. The van der Waals surface area contributed by atoms with E-state index in [1.807, 2.05) is 0 Å². The van der Waals surface area contributed by atoms with E-state index in [4.69, 9.17) is 29.0 Å². The van der Waals surface area contributed by atoms with E-state index in [9.17, 15) is 19.2 Å². The van der Waals surface area contributed by atoms with E-state index in [0.29, 0.717) is 57.4 Å². The summed E-state index contributed by atoms with van der Waals surface area (Å²) in [4.78, 5) is 78.6. The monoisotopic (exact) mass is 570 g/mol. The molecule has 0 bridgehead atoms. The van der Waals surface area contributed by atoms with Gasteiger partial charge in [-0.15, -0.1) is 0 Å². The summed E-state index contributed by atoms with van der Waals surface area (Å²) < 4.78 is 9.56. The minimum atomic E-state index is -1.89. The van der Waals surface area contributed by atoms with Gasteiger partial charge in [0.15, 0.2) is 16.8 Å². The fraction of sp³-hybridized carbons (Fsp3) is 0.619. The van der Waals surface area contributed by atoms with Gasteiger partial charge in [0, 0.05) is 50.2 Å². The van der Waals surface area contributed by atoms with Crippen molar-refractivity contribution >= 4 is 40.8 Å². The lowest BCUT2D eigenvalue weighted by Crippen LogP contribution is -2.37. The number of urea groups is 2. The van der Waals surface area contributed by atoms with E-state index in [1.54, 1.807) is 6.92 Å². The van der Waals surface area contributed by atoms with Crippen molar-refractivity contribution in [3.8, 4) is 0 Å². The van der Waals surface area contributed by atoms with Crippen LogP contribution in [0, 0.1) is 0 Å². The Labute approximate surface area is 219 Å². The minimum Gasteiger partial charge on any atom is -0.462 e. The van der Waals surface area contributed by atoms with Gasteiger partial charge >= 0.3 is 24.0 Å².